The number of carbonyl (C=O) groups excluding carboxylic acids is 1. The number of aryl methyl sites for hydroxylation is 2. The number of benzene rings is 1. The van der Waals surface area contributed by atoms with Crippen molar-refractivity contribution >= 4 is 11.6 Å². The highest BCUT2D eigenvalue weighted by molar-refractivity contribution is 5.77. The molecule has 0 atom stereocenters. The van der Waals surface area contributed by atoms with E-state index in [2.05, 4.69) is 20.3 Å². The lowest BCUT2D eigenvalue weighted by molar-refractivity contribution is -0.123. The topological polar surface area (TPSA) is 103 Å². The molecule has 0 spiro atoms. The van der Waals surface area contributed by atoms with Crippen LogP contribution in [0, 0.1) is 19.7 Å². The standard InChI is InChI=1S/C27H29FN6O4/c1-18-16-22(31-34(18)21-7-5-20(28)6-8-21)25-19(2)30-26-23(4-3-10-33(26)27(25)36)38-17-24(35)29-9-11-32-12-14-37-15-13-32/h3-8,10,16H,9,11-15,17H2,1-2H3,(H,29,35). The molecule has 0 radical (unpaired) electrons. The number of morpholine rings is 1. The summed E-state index contributed by atoms with van der Waals surface area (Å²) in [6.07, 6.45) is 1.60. The van der Waals surface area contributed by atoms with Crippen LogP contribution in [0.25, 0.3) is 22.6 Å². The fourth-order valence-corrected chi connectivity index (χ4v) is 4.46. The molecule has 11 heteroatoms. The molecular weight excluding hydrogens is 491 g/mol. The third-order valence-electron chi connectivity index (χ3n) is 6.43. The highest BCUT2D eigenvalue weighted by atomic mass is 19.1. The second-order valence-corrected chi connectivity index (χ2v) is 9.10. The molecule has 1 saturated heterocycles. The van der Waals surface area contributed by atoms with E-state index in [1.54, 1.807) is 48.1 Å². The lowest BCUT2D eigenvalue weighted by atomic mass is 10.1. The molecule has 10 nitrogen and oxygen atoms in total. The molecule has 5 rings (SSSR count). The van der Waals surface area contributed by atoms with Crippen molar-refractivity contribution in [1.29, 1.82) is 0 Å². The van der Waals surface area contributed by atoms with Gasteiger partial charge < -0.3 is 14.8 Å². The molecule has 4 heterocycles. The van der Waals surface area contributed by atoms with Crippen molar-refractivity contribution in [1.82, 2.24) is 29.4 Å². The summed E-state index contributed by atoms with van der Waals surface area (Å²) in [4.78, 5) is 32.7. The van der Waals surface area contributed by atoms with Crippen molar-refractivity contribution in [3.05, 3.63) is 76.2 Å². The van der Waals surface area contributed by atoms with Gasteiger partial charge in [0.1, 0.15) is 11.5 Å². The Bertz CT molecular complexity index is 1510. The number of halogens is 1. The number of rotatable bonds is 8. The zero-order valence-electron chi connectivity index (χ0n) is 21.3. The Kier molecular flexibility index (Phi) is 7.47. The lowest BCUT2D eigenvalue weighted by Gasteiger charge is -2.26. The lowest BCUT2D eigenvalue weighted by Crippen LogP contribution is -2.42. The number of hydrogen-bond acceptors (Lipinski definition) is 7. The van der Waals surface area contributed by atoms with E-state index in [9.17, 15) is 14.0 Å². The quantitative estimate of drug-likeness (QED) is 0.380. The summed E-state index contributed by atoms with van der Waals surface area (Å²) < 4.78 is 27.5. The molecule has 1 N–H and O–H groups in total. The molecule has 0 unspecified atom stereocenters. The predicted molar refractivity (Wildman–Crippen MR) is 139 cm³/mol. The maximum absolute atomic E-state index is 13.5. The molecule has 1 fully saturated rings. The Morgan fingerprint density at radius 1 is 1.16 bits per heavy atom. The van der Waals surface area contributed by atoms with Crippen LogP contribution in [0.15, 0.2) is 53.5 Å². The fraction of sp³-hybridized carbons (Fsp3) is 0.333. The molecule has 0 aliphatic carbocycles. The molecule has 1 aromatic carbocycles. The minimum atomic E-state index is -0.338. The van der Waals surface area contributed by atoms with Gasteiger partial charge in [-0.2, -0.15) is 5.10 Å². The summed E-state index contributed by atoms with van der Waals surface area (Å²) in [6.45, 7) is 7.80. The maximum atomic E-state index is 13.5. The maximum Gasteiger partial charge on any atom is 0.267 e. The van der Waals surface area contributed by atoms with Crippen molar-refractivity contribution in [3.8, 4) is 22.7 Å². The molecule has 0 saturated carbocycles. The van der Waals surface area contributed by atoms with Gasteiger partial charge in [0.15, 0.2) is 18.0 Å². The Labute approximate surface area is 218 Å². The van der Waals surface area contributed by atoms with Gasteiger partial charge in [0.2, 0.25) is 0 Å². The molecule has 1 amide bonds. The summed E-state index contributed by atoms with van der Waals surface area (Å²) in [5.41, 5.74) is 2.76. The van der Waals surface area contributed by atoms with Crippen LogP contribution in [-0.4, -0.2) is 76.0 Å². The first-order valence-electron chi connectivity index (χ1n) is 12.5. The number of pyridine rings is 1. The monoisotopic (exact) mass is 520 g/mol. The van der Waals surface area contributed by atoms with E-state index in [4.69, 9.17) is 9.47 Å². The number of hydrogen-bond donors (Lipinski definition) is 1. The molecule has 4 aromatic rings. The third-order valence-corrected chi connectivity index (χ3v) is 6.43. The Hall–Kier alpha value is -4.09. The van der Waals surface area contributed by atoms with E-state index in [0.29, 0.717) is 53.8 Å². The highest BCUT2D eigenvalue weighted by Gasteiger charge is 2.19. The molecule has 198 valence electrons. The predicted octanol–water partition coefficient (Wildman–Crippen LogP) is 2.13. The van der Waals surface area contributed by atoms with Gasteiger partial charge in [0.05, 0.1) is 30.2 Å². The van der Waals surface area contributed by atoms with E-state index in [1.165, 1.54) is 16.5 Å². The second-order valence-electron chi connectivity index (χ2n) is 9.10. The Balaban J connectivity index is 1.33. The van der Waals surface area contributed by atoms with Gasteiger partial charge in [-0.3, -0.25) is 18.9 Å². The third kappa shape index (κ3) is 5.43. The number of amides is 1. The number of ether oxygens (including phenoxy) is 2. The van der Waals surface area contributed by atoms with Crippen LogP contribution in [-0.2, 0) is 9.53 Å². The van der Waals surface area contributed by atoms with Crippen LogP contribution in [0.5, 0.6) is 5.75 Å². The van der Waals surface area contributed by atoms with E-state index in [0.717, 1.165) is 25.3 Å². The molecule has 0 bridgehead atoms. The van der Waals surface area contributed by atoms with E-state index >= 15 is 0 Å². The molecule has 38 heavy (non-hydrogen) atoms. The molecule has 1 aliphatic rings. The van der Waals surface area contributed by atoms with E-state index < -0.39 is 0 Å². The second kappa shape index (κ2) is 11.1. The van der Waals surface area contributed by atoms with Crippen molar-refractivity contribution in [2.75, 3.05) is 46.0 Å². The number of nitrogens with one attached hydrogen (secondary N) is 1. The van der Waals surface area contributed by atoms with Crippen molar-refractivity contribution in [2.45, 2.75) is 13.8 Å². The molecule has 3 aromatic heterocycles. The zero-order chi connectivity index (χ0) is 26.6. The van der Waals surface area contributed by atoms with Crippen LogP contribution in [0.4, 0.5) is 4.39 Å². The van der Waals surface area contributed by atoms with Crippen LogP contribution in [0.2, 0.25) is 0 Å². The van der Waals surface area contributed by atoms with Crippen LogP contribution < -0.4 is 15.6 Å². The van der Waals surface area contributed by atoms with Crippen molar-refractivity contribution in [2.24, 2.45) is 0 Å². The summed E-state index contributed by atoms with van der Waals surface area (Å²) in [6, 6.07) is 11.1. The molecular formula is C27H29FN6O4. The van der Waals surface area contributed by atoms with Gasteiger partial charge in [0.25, 0.3) is 11.5 Å². The largest absolute Gasteiger partial charge is 0.480 e. The average Bonchev–Trinajstić information content (AvgIpc) is 3.29. The van der Waals surface area contributed by atoms with Gasteiger partial charge in [-0.25, -0.2) is 14.1 Å². The summed E-state index contributed by atoms with van der Waals surface area (Å²) >= 11 is 0. The van der Waals surface area contributed by atoms with Crippen LogP contribution >= 0.6 is 0 Å². The summed E-state index contributed by atoms with van der Waals surface area (Å²) in [5.74, 6) is -0.261. The van der Waals surface area contributed by atoms with Gasteiger partial charge in [-0.15, -0.1) is 0 Å². The average molecular weight is 521 g/mol. The number of carbonyl (C=O) groups is 1. The molecule has 1 aliphatic heterocycles. The Morgan fingerprint density at radius 3 is 2.68 bits per heavy atom. The minimum Gasteiger partial charge on any atom is -0.480 e. The van der Waals surface area contributed by atoms with Gasteiger partial charge in [-0.1, -0.05) is 0 Å². The minimum absolute atomic E-state index is 0.194. The first-order chi connectivity index (χ1) is 18.4. The summed E-state index contributed by atoms with van der Waals surface area (Å²) in [7, 11) is 0. The van der Waals surface area contributed by atoms with Gasteiger partial charge in [-0.05, 0) is 56.3 Å². The number of fused-ring (bicyclic) bond motifs is 1. The van der Waals surface area contributed by atoms with Crippen molar-refractivity contribution < 1.29 is 18.7 Å². The SMILES string of the molecule is Cc1nc2c(OCC(=O)NCCN3CCOCC3)cccn2c(=O)c1-c1cc(C)n(-c2ccc(F)cc2)n1. The summed E-state index contributed by atoms with van der Waals surface area (Å²) in [5, 5.41) is 7.46. The van der Waals surface area contributed by atoms with E-state index in [1.807, 2.05) is 6.92 Å². The van der Waals surface area contributed by atoms with Crippen molar-refractivity contribution in [3.63, 3.8) is 0 Å². The number of nitrogens with zero attached hydrogens (tertiary/aromatic N) is 5. The highest BCUT2D eigenvalue weighted by Crippen LogP contribution is 2.24. The van der Waals surface area contributed by atoms with Crippen LogP contribution in [0.3, 0.4) is 0 Å². The van der Waals surface area contributed by atoms with Gasteiger partial charge in [0, 0.05) is 38.1 Å². The fourth-order valence-electron chi connectivity index (χ4n) is 4.46. The first-order valence-corrected chi connectivity index (χ1v) is 12.5. The van der Waals surface area contributed by atoms with Gasteiger partial charge >= 0.3 is 0 Å². The normalized spacial score (nSPS) is 14.1. The zero-order valence-corrected chi connectivity index (χ0v) is 21.3. The number of aromatic nitrogens is 4. The first kappa shape index (κ1) is 25.6. The van der Waals surface area contributed by atoms with E-state index in [-0.39, 0.29) is 23.9 Å². The van der Waals surface area contributed by atoms with Crippen LogP contribution in [0.1, 0.15) is 11.4 Å². The smallest absolute Gasteiger partial charge is 0.267 e. The Morgan fingerprint density at radius 2 is 1.92 bits per heavy atom.